The molecular weight excluding hydrogens is 334 g/mol. The molecule has 2 N–H and O–H groups in total. The number of hydrogen-bond acceptors (Lipinski definition) is 2. The highest BCUT2D eigenvalue weighted by Crippen LogP contribution is 2.25. The Hall–Kier alpha value is -3.40. The number of aromatic amines is 1. The Morgan fingerprint density at radius 1 is 0.963 bits per heavy atom. The molecule has 0 saturated carbocycles. The number of imidazole rings is 1. The Morgan fingerprint density at radius 2 is 1.78 bits per heavy atom. The third kappa shape index (κ3) is 3.47. The highest BCUT2D eigenvalue weighted by atomic mass is 16.1. The molecule has 0 radical (unpaired) electrons. The lowest BCUT2D eigenvalue weighted by Gasteiger charge is -2.21. The number of aryl methyl sites for hydroxylation is 2. The molecule has 1 atom stereocenters. The van der Waals surface area contributed by atoms with Crippen molar-refractivity contribution >= 4 is 16.9 Å². The van der Waals surface area contributed by atoms with Crippen LogP contribution in [0.5, 0.6) is 0 Å². The monoisotopic (exact) mass is 355 g/mol. The second kappa shape index (κ2) is 7.08. The molecule has 1 aromatic heterocycles. The maximum atomic E-state index is 13.1. The fourth-order valence-electron chi connectivity index (χ4n) is 3.33. The number of carbonyl (C=O) groups is 1. The van der Waals surface area contributed by atoms with Crippen molar-refractivity contribution in [3.8, 4) is 0 Å². The Kier molecular flexibility index (Phi) is 4.47. The summed E-state index contributed by atoms with van der Waals surface area (Å²) < 4.78 is 0. The van der Waals surface area contributed by atoms with E-state index in [-0.39, 0.29) is 11.9 Å². The number of rotatable bonds is 4. The summed E-state index contributed by atoms with van der Waals surface area (Å²) in [6.07, 6.45) is 1.68. The average Bonchev–Trinajstić information content (AvgIpc) is 3.16. The molecular formula is C23H21N3O. The molecule has 4 heteroatoms. The van der Waals surface area contributed by atoms with E-state index in [2.05, 4.69) is 15.3 Å². The Morgan fingerprint density at radius 3 is 2.59 bits per heavy atom. The van der Waals surface area contributed by atoms with Crippen LogP contribution in [0.2, 0.25) is 0 Å². The summed E-state index contributed by atoms with van der Waals surface area (Å²) in [4.78, 5) is 20.5. The molecule has 0 aliphatic heterocycles. The summed E-state index contributed by atoms with van der Waals surface area (Å²) in [5, 5.41) is 3.22. The van der Waals surface area contributed by atoms with Crippen molar-refractivity contribution in [2.24, 2.45) is 0 Å². The number of nitrogens with one attached hydrogen (secondary N) is 2. The molecule has 1 heterocycles. The Labute approximate surface area is 158 Å². The molecule has 0 fully saturated rings. The minimum absolute atomic E-state index is 0.0743. The first-order chi connectivity index (χ1) is 13.1. The van der Waals surface area contributed by atoms with E-state index in [9.17, 15) is 4.79 Å². The summed E-state index contributed by atoms with van der Waals surface area (Å²) in [5.74, 6) is -0.0743. The van der Waals surface area contributed by atoms with Crippen LogP contribution < -0.4 is 5.32 Å². The normalized spacial score (nSPS) is 12.1. The van der Waals surface area contributed by atoms with E-state index in [1.165, 1.54) is 0 Å². The zero-order valence-electron chi connectivity index (χ0n) is 15.4. The molecule has 0 saturated heterocycles. The van der Waals surface area contributed by atoms with Crippen LogP contribution in [0.3, 0.4) is 0 Å². The van der Waals surface area contributed by atoms with E-state index in [1.54, 1.807) is 6.33 Å². The van der Waals surface area contributed by atoms with Gasteiger partial charge in [0.25, 0.3) is 5.91 Å². The minimum atomic E-state index is -0.244. The first kappa shape index (κ1) is 17.0. The molecule has 4 rings (SSSR count). The average molecular weight is 355 g/mol. The van der Waals surface area contributed by atoms with Gasteiger partial charge in [0.1, 0.15) is 0 Å². The van der Waals surface area contributed by atoms with E-state index in [0.717, 1.165) is 33.3 Å². The van der Waals surface area contributed by atoms with E-state index in [1.807, 2.05) is 80.6 Å². The predicted octanol–water partition coefficient (Wildman–Crippen LogP) is 4.70. The molecule has 3 aromatic carbocycles. The summed E-state index contributed by atoms with van der Waals surface area (Å²) in [6.45, 7) is 3.96. The van der Waals surface area contributed by atoms with Gasteiger partial charge in [-0.3, -0.25) is 4.79 Å². The number of fused-ring (bicyclic) bond motifs is 1. The fourth-order valence-corrected chi connectivity index (χ4v) is 3.33. The van der Waals surface area contributed by atoms with Crippen LogP contribution >= 0.6 is 0 Å². The second-order valence-electron chi connectivity index (χ2n) is 6.81. The number of H-pyrrole nitrogens is 1. The molecule has 1 amide bonds. The van der Waals surface area contributed by atoms with Crippen LogP contribution in [0, 0.1) is 13.8 Å². The van der Waals surface area contributed by atoms with Gasteiger partial charge < -0.3 is 10.3 Å². The number of carbonyl (C=O) groups excluding carboxylic acids is 1. The molecule has 27 heavy (non-hydrogen) atoms. The molecule has 134 valence electrons. The first-order valence-electron chi connectivity index (χ1n) is 8.98. The minimum Gasteiger partial charge on any atom is -0.345 e. The molecule has 4 aromatic rings. The first-order valence-corrected chi connectivity index (χ1v) is 8.98. The quantitative estimate of drug-likeness (QED) is 0.557. The van der Waals surface area contributed by atoms with Gasteiger partial charge in [-0.05, 0) is 48.7 Å². The second-order valence-corrected chi connectivity index (χ2v) is 6.81. The number of amides is 1. The maximum Gasteiger partial charge on any atom is 0.252 e. The third-order valence-corrected chi connectivity index (χ3v) is 4.82. The highest BCUT2D eigenvalue weighted by Gasteiger charge is 2.19. The molecule has 0 aliphatic carbocycles. The van der Waals surface area contributed by atoms with Gasteiger partial charge in [0.05, 0.1) is 23.4 Å². The number of benzene rings is 3. The Balaban J connectivity index is 1.74. The van der Waals surface area contributed by atoms with Crippen LogP contribution in [0.25, 0.3) is 11.0 Å². The molecule has 4 nitrogen and oxygen atoms in total. The van der Waals surface area contributed by atoms with E-state index in [0.29, 0.717) is 5.56 Å². The third-order valence-electron chi connectivity index (χ3n) is 4.82. The van der Waals surface area contributed by atoms with Gasteiger partial charge in [0.2, 0.25) is 0 Å². The largest absolute Gasteiger partial charge is 0.345 e. The van der Waals surface area contributed by atoms with E-state index < -0.39 is 0 Å². The fraction of sp³-hybridized carbons (Fsp3) is 0.130. The predicted molar refractivity (Wildman–Crippen MR) is 108 cm³/mol. The molecule has 0 bridgehead atoms. The van der Waals surface area contributed by atoms with Gasteiger partial charge in [-0.25, -0.2) is 4.98 Å². The number of hydrogen-bond donors (Lipinski definition) is 2. The van der Waals surface area contributed by atoms with Crippen molar-refractivity contribution in [1.82, 2.24) is 15.3 Å². The summed E-state index contributed by atoms with van der Waals surface area (Å²) in [5.41, 5.74) is 6.65. The summed E-state index contributed by atoms with van der Waals surface area (Å²) in [7, 11) is 0. The summed E-state index contributed by atoms with van der Waals surface area (Å²) >= 11 is 0. The zero-order valence-corrected chi connectivity index (χ0v) is 15.4. The van der Waals surface area contributed by atoms with Crippen LogP contribution in [0.15, 0.2) is 73.1 Å². The van der Waals surface area contributed by atoms with Crippen molar-refractivity contribution in [3.63, 3.8) is 0 Å². The molecule has 0 aliphatic rings. The lowest BCUT2D eigenvalue weighted by Crippen LogP contribution is -2.30. The van der Waals surface area contributed by atoms with Gasteiger partial charge in [0, 0.05) is 5.56 Å². The SMILES string of the molecule is Cc1ccc(C)c(C(=O)NC(c2ccccc2)c2ccc3nc[nH]c3c2)c1. The van der Waals surface area contributed by atoms with Gasteiger partial charge >= 0.3 is 0 Å². The van der Waals surface area contributed by atoms with E-state index in [4.69, 9.17) is 0 Å². The van der Waals surface area contributed by atoms with Gasteiger partial charge in [-0.1, -0.05) is 54.1 Å². The van der Waals surface area contributed by atoms with Crippen molar-refractivity contribution in [3.05, 3.63) is 101 Å². The van der Waals surface area contributed by atoms with Crippen molar-refractivity contribution in [2.75, 3.05) is 0 Å². The smallest absolute Gasteiger partial charge is 0.252 e. The summed E-state index contributed by atoms with van der Waals surface area (Å²) in [6, 6.07) is 21.8. The van der Waals surface area contributed by atoms with Crippen LogP contribution in [0.4, 0.5) is 0 Å². The standard InChI is InChI=1S/C23H21N3O/c1-15-8-9-16(2)19(12-15)23(27)26-22(17-6-4-3-5-7-17)18-10-11-20-21(13-18)25-14-24-20/h3-14,22H,1-2H3,(H,24,25)(H,26,27). The maximum absolute atomic E-state index is 13.1. The molecule has 1 unspecified atom stereocenters. The van der Waals surface area contributed by atoms with Gasteiger partial charge in [-0.2, -0.15) is 0 Å². The Bertz CT molecular complexity index is 1100. The molecule has 0 spiro atoms. The van der Waals surface area contributed by atoms with Crippen LogP contribution in [0.1, 0.15) is 38.7 Å². The van der Waals surface area contributed by atoms with E-state index >= 15 is 0 Å². The lowest BCUT2D eigenvalue weighted by molar-refractivity contribution is 0.0942. The zero-order chi connectivity index (χ0) is 18.8. The highest BCUT2D eigenvalue weighted by molar-refractivity contribution is 5.96. The van der Waals surface area contributed by atoms with Crippen molar-refractivity contribution in [1.29, 1.82) is 0 Å². The van der Waals surface area contributed by atoms with Gasteiger partial charge in [-0.15, -0.1) is 0 Å². The van der Waals surface area contributed by atoms with Crippen molar-refractivity contribution < 1.29 is 4.79 Å². The van der Waals surface area contributed by atoms with Crippen LogP contribution in [-0.4, -0.2) is 15.9 Å². The lowest BCUT2D eigenvalue weighted by atomic mass is 9.97. The topological polar surface area (TPSA) is 57.8 Å². The number of aromatic nitrogens is 2. The van der Waals surface area contributed by atoms with Crippen LogP contribution in [-0.2, 0) is 0 Å². The van der Waals surface area contributed by atoms with Gasteiger partial charge in [0.15, 0.2) is 0 Å². The number of nitrogens with zero attached hydrogens (tertiary/aromatic N) is 1. The van der Waals surface area contributed by atoms with Crippen molar-refractivity contribution in [2.45, 2.75) is 19.9 Å².